The lowest BCUT2D eigenvalue weighted by Gasteiger charge is -2.14. The Balaban J connectivity index is 1.88. The van der Waals surface area contributed by atoms with Gasteiger partial charge in [0.2, 0.25) is 0 Å². The molecular weight excluding hydrogens is 338 g/mol. The Labute approximate surface area is 159 Å². The van der Waals surface area contributed by atoms with E-state index in [1.807, 2.05) is 20.3 Å². The summed E-state index contributed by atoms with van der Waals surface area (Å²) in [4.78, 5) is 17.5. The molecule has 5 heteroatoms. The van der Waals surface area contributed by atoms with E-state index in [0.29, 0.717) is 0 Å². The number of anilines is 1. The van der Waals surface area contributed by atoms with E-state index in [1.54, 1.807) is 24.3 Å². The second-order valence-corrected chi connectivity index (χ2v) is 6.68. The molecule has 0 spiro atoms. The van der Waals surface area contributed by atoms with Gasteiger partial charge in [-0.1, -0.05) is 0 Å². The molecule has 5 nitrogen and oxygen atoms in total. The van der Waals surface area contributed by atoms with Gasteiger partial charge in [0.15, 0.2) is 0 Å². The molecule has 1 heterocycles. The number of carboxylic acid groups (broad SMARTS) is 1. The number of aromatic carboxylic acids is 1. The molecule has 0 amide bonds. The van der Waals surface area contributed by atoms with Crippen molar-refractivity contribution in [3.63, 3.8) is 0 Å². The van der Waals surface area contributed by atoms with Crippen molar-refractivity contribution < 1.29 is 9.90 Å². The van der Waals surface area contributed by atoms with E-state index in [2.05, 4.69) is 58.6 Å². The molecule has 0 aliphatic heterocycles. The molecule has 0 unspecified atom stereocenters. The quantitative estimate of drug-likeness (QED) is 0.675. The van der Waals surface area contributed by atoms with Crippen LogP contribution in [-0.2, 0) is 0 Å². The van der Waals surface area contributed by atoms with Crippen LogP contribution in [0.15, 0.2) is 59.6 Å². The molecule has 3 rings (SSSR count). The van der Waals surface area contributed by atoms with Gasteiger partial charge in [-0.3, -0.25) is 4.99 Å². The van der Waals surface area contributed by atoms with Gasteiger partial charge in [0, 0.05) is 48.6 Å². The summed E-state index contributed by atoms with van der Waals surface area (Å²) < 4.78 is 2.20. The van der Waals surface area contributed by atoms with Gasteiger partial charge in [0.05, 0.1) is 11.3 Å². The van der Waals surface area contributed by atoms with Gasteiger partial charge >= 0.3 is 5.97 Å². The standard InChI is InChI=1S/C22H23N3O2/c1-15-13-18(14-23-19-7-5-17(6-8-19)22(26)27)16(2)25(15)21-11-9-20(10-12-21)24(3)4/h5-14H,1-4H3,(H,26,27). The molecule has 0 aliphatic carbocycles. The summed E-state index contributed by atoms with van der Waals surface area (Å²) in [6, 6.07) is 17.1. The van der Waals surface area contributed by atoms with Gasteiger partial charge in [0.25, 0.3) is 0 Å². The highest BCUT2D eigenvalue weighted by molar-refractivity contribution is 5.88. The van der Waals surface area contributed by atoms with Gasteiger partial charge in [-0.25, -0.2) is 4.79 Å². The van der Waals surface area contributed by atoms with Crippen molar-refractivity contribution in [1.82, 2.24) is 4.57 Å². The molecule has 0 radical (unpaired) electrons. The Kier molecular flexibility index (Phi) is 5.12. The van der Waals surface area contributed by atoms with Crippen LogP contribution in [0.3, 0.4) is 0 Å². The molecule has 0 aliphatic rings. The summed E-state index contributed by atoms with van der Waals surface area (Å²) in [5, 5.41) is 8.97. The first-order valence-corrected chi connectivity index (χ1v) is 8.71. The molecule has 27 heavy (non-hydrogen) atoms. The van der Waals surface area contributed by atoms with E-state index in [4.69, 9.17) is 5.11 Å². The molecule has 138 valence electrons. The van der Waals surface area contributed by atoms with Crippen molar-refractivity contribution in [3.8, 4) is 5.69 Å². The van der Waals surface area contributed by atoms with Gasteiger partial charge < -0.3 is 14.6 Å². The fourth-order valence-corrected chi connectivity index (χ4v) is 3.05. The lowest BCUT2D eigenvalue weighted by molar-refractivity contribution is 0.0697. The first-order chi connectivity index (χ1) is 12.9. The van der Waals surface area contributed by atoms with Crippen LogP contribution in [0.1, 0.15) is 27.3 Å². The maximum Gasteiger partial charge on any atom is 0.335 e. The minimum absolute atomic E-state index is 0.258. The third-order valence-corrected chi connectivity index (χ3v) is 4.56. The number of nitrogens with zero attached hydrogens (tertiary/aromatic N) is 3. The van der Waals surface area contributed by atoms with Crippen LogP contribution in [0.5, 0.6) is 0 Å². The predicted octanol–water partition coefficient (Wildman–Crippen LogP) is 4.61. The lowest BCUT2D eigenvalue weighted by Crippen LogP contribution is -2.08. The van der Waals surface area contributed by atoms with E-state index >= 15 is 0 Å². The number of hydrogen-bond donors (Lipinski definition) is 1. The predicted molar refractivity (Wildman–Crippen MR) is 110 cm³/mol. The highest BCUT2D eigenvalue weighted by Crippen LogP contribution is 2.23. The summed E-state index contributed by atoms with van der Waals surface area (Å²) >= 11 is 0. The van der Waals surface area contributed by atoms with Crippen molar-refractivity contribution in [3.05, 3.63) is 77.1 Å². The van der Waals surface area contributed by atoms with Crippen LogP contribution >= 0.6 is 0 Å². The summed E-state index contributed by atoms with van der Waals surface area (Å²) in [5.41, 5.74) is 6.53. The topological polar surface area (TPSA) is 57.8 Å². The second kappa shape index (κ2) is 7.50. The molecule has 1 N–H and O–H groups in total. The first kappa shape index (κ1) is 18.5. The number of hydrogen-bond acceptors (Lipinski definition) is 3. The third-order valence-electron chi connectivity index (χ3n) is 4.56. The van der Waals surface area contributed by atoms with Crippen LogP contribution in [-0.4, -0.2) is 36.0 Å². The van der Waals surface area contributed by atoms with Crippen LogP contribution in [0, 0.1) is 13.8 Å². The van der Waals surface area contributed by atoms with E-state index in [-0.39, 0.29) is 5.56 Å². The van der Waals surface area contributed by atoms with Gasteiger partial charge in [-0.15, -0.1) is 0 Å². The summed E-state index contributed by atoms with van der Waals surface area (Å²) in [7, 11) is 4.05. The van der Waals surface area contributed by atoms with Crippen molar-refractivity contribution in [1.29, 1.82) is 0 Å². The number of carbonyl (C=O) groups is 1. The molecule has 0 saturated heterocycles. The highest BCUT2D eigenvalue weighted by Gasteiger charge is 2.10. The number of aliphatic imine (C=N–C) groups is 1. The number of benzene rings is 2. The van der Waals surface area contributed by atoms with Gasteiger partial charge in [-0.05, 0) is 68.4 Å². The zero-order valence-electron chi connectivity index (χ0n) is 16.0. The number of aryl methyl sites for hydroxylation is 1. The van der Waals surface area contributed by atoms with Gasteiger partial charge in [0.1, 0.15) is 0 Å². The number of aromatic nitrogens is 1. The fraction of sp³-hybridized carbons (Fsp3) is 0.182. The van der Waals surface area contributed by atoms with Crippen LogP contribution in [0.2, 0.25) is 0 Å². The van der Waals surface area contributed by atoms with Crippen LogP contribution < -0.4 is 4.90 Å². The molecule has 3 aromatic rings. The van der Waals surface area contributed by atoms with Crippen molar-refractivity contribution in [2.45, 2.75) is 13.8 Å². The third kappa shape index (κ3) is 3.92. The molecule has 0 saturated carbocycles. The molecular formula is C22H23N3O2. The van der Waals surface area contributed by atoms with Crippen molar-refractivity contribution in [2.75, 3.05) is 19.0 Å². The van der Waals surface area contributed by atoms with Crippen molar-refractivity contribution >= 4 is 23.6 Å². The maximum atomic E-state index is 10.9. The Morgan fingerprint density at radius 3 is 2.22 bits per heavy atom. The Hall–Kier alpha value is -3.34. The van der Waals surface area contributed by atoms with Crippen LogP contribution in [0.25, 0.3) is 5.69 Å². The zero-order valence-corrected chi connectivity index (χ0v) is 16.0. The average molecular weight is 361 g/mol. The van der Waals surface area contributed by atoms with E-state index in [0.717, 1.165) is 34.0 Å². The van der Waals surface area contributed by atoms with Crippen molar-refractivity contribution in [2.24, 2.45) is 4.99 Å². The molecule has 0 fully saturated rings. The Morgan fingerprint density at radius 2 is 1.67 bits per heavy atom. The second-order valence-electron chi connectivity index (χ2n) is 6.68. The van der Waals surface area contributed by atoms with E-state index < -0.39 is 5.97 Å². The molecule has 1 aromatic heterocycles. The minimum Gasteiger partial charge on any atom is -0.478 e. The van der Waals surface area contributed by atoms with E-state index in [1.165, 1.54) is 0 Å². The van der Waals surface area contributed by atoms with E-state index in [9.17, 15) is 4.79 Å². The largest absolute Gasteiger partial charge is 0.478 e. The fourth-order valence-electron chi connectivity index (χ4n) is 3.05. The maximum absolute atomic E-state index is 10.9. The SMILES string of the molecule is Cc1cc(C=Nc2ccc(C(=O)O)cc2)c(C)n1-c1ccc(N(C)C)cc1. The Morgan fingerprint density at radius 1 is 1.04 bits per heavy atom. The average Bonchev–Trinajstić information content (AvgIpc) is 2.94. The first-order valence-electron chi connectivity index (χ1n) is 8.71. The summed E-state index contributed by atoms with van der Waals surface area (Å²) in [6.07, 6.45) is 1.82. The number of rotatable bonds is 5. The highest BCUT2D eigenvalue weighted by atomic mass is 16.4. The normalized spacial score (nSPS) is 11.1. The monoisotopic (exact) mass is 361 g/mol. The lowest BCUT2D eigenvalue weighted by atomic mass is 10.2. The van der Waals surface area contributed by atoms with Gasteiger partial charge in [-0.2, -0.15) is 0 Å². The minimum atomic E-state index is -0.936. The smallest absolute Gasteiger partial charge is 0.335 e. The number of carboxylic acids is 1. The Bertz CT molecular complexity index is 982. The summed E-state index contributed by atoms with van der Waals surface area (Å²) in [5.74, 6) is -0.936. The molecule has 0 atom stereocenters. The summed E-state index contributed by atoms with van der Waals surface area (Å²) in [6.45, 7) is 4.15. The van der Waals surface area contributed by atoms with Crippen LogP contribution in [0.4, 0.5) is 11.4 Å². The molecule has 0 bridgehead atoms. The molecule has 2 aromatic carbocycles. The zero-order chi connectivity index (χ0) is 19.6.